The molecule has 14 heavy (non-hydrogen) atoms. The van der Waals surface area contributed by atoms with E-state index >= 15 is 0 Å². The van der Waals surface area contributed by atoms with Crippen molar-refractivity contribution in [3.8, 4) is 0 Å². The van der Waals surface area contributed by atoms with E-state index in [1.165, 1.54) is 6.42 Å². The molecule has 0 aromatic heterocycles. The van der Waals surface area contributed by atoms with E-state index in [9.17, 15) is 0 Å². The highest BCUT2D eigenvalue weighted by molar-refractivity contribution is 4.77. The zero-order valence-electron chi connectivity index (χ0n) is 10.8. The van der Waals surface area contributed by atoms with Gasteiger partial charge >= 0.3 is 0 Å². The molecule has 86 valence electrons. The predicted molar refractivity (Wildman–Crippen MR) is 64.4 cm³/mol. The van der Waals surface area contributed by atoms with Crippen LogP contribution in [-0.2, 0) is 0 Å². The van der Waals surface area contributed by atoms with Gasteiger partial charge in [0.25, 0.3) is 0 Å². The molecule has 0 heterocycles. The van der Waals surface area contributed by atoms with Crippen molar-refractivity contribution in [2.24, 2.45) is 17.1 Å². The fraction of sp³-hybridized carbons (Fsp3) is 1.00. The van der Waals surface area contributed by atoms with Crippen molar-refractivity contribution >= 4 is 0 Å². The Bertz CT molecular complexity index is 147. The average Bonchev–Trinajstić information content (AvgIpc) is 1.96. The molecule has 2 heteroatoms. The highest BCUT2D eigenvalue weighted by atomic mass is 15.1. The van der Waals surface area contributed by atoms with E-state index in [0.29, 0.717) is 17.4 Å². The molecule has 0 aromatic rings. The van der Waals surface area contributed by atoms with E-state index in [4.69, 9.17) is 5.73 Å². The summed E-state index contributed by atoms with van der Waals surface area (Å²) in [4.78, 5) is 2.40. The Labute approximate surface area is 89.9 Å². The Morgan fingerprint density at radius 3 is 2.00 bits per heavy atom. The molecular weight excluding hydrogens is 172 g/mol. The molecule has 0 spiro atoms. The predicted octanol–water partition coefficient (Wildman–Crippen LogP) is 2.34. The lowest BCUT2D eigenvalue weighted by Crippen LogP contribution is -2.42. The molecular formula is C12H28N2. The molecule has 0 aliphatic rings. The molecule has 0 saturated heterocycles. The van der Waals surface area contributed by atoms with E-state index in [1.54, 1.807) is 0 Å². The molecule has 2 nitrogen and oxygen atoms in total. The normalized spacial score (nSPS) is 15.2. The van der Waals surface area contributed by atoms with Crippen molar-refractivity contribution < 1.29 is 0 Å². The van der Waals surface area contributed by atoms with Crippen LogP contribution in [0, 0.1) is 11.3 Å². The first-order chi connectivity index (χ1) is 6.26. The van der Waals surface area contributed by atoms with Crippen molar-refractivity contribution in [3.63, 3.8) is 0 Å². The van der Waals surface area contributed by atoms with Gasteiger partial charge in [-0.1, -0.05) is 34.6 Å². The lowest BCUT2D eigenvalue weighted by atomic mass is 9.87. The van der Waals surface area contributed by atoms with Gasteiger partial charge in [0.2, 0.25) is 0 Å². The monoisotopic (exact) mass is 200 g/mol. The second-order valence-electron chi connectivity index (χ2n) is 5.99. The van der Waals surface area contributed by atoms with Crippen LogP contribution in [0.2, 0.25) is 0 Å². The molecule has 0 aliphatic carbocycles. The first-order valence-corrected chi connectivity index (χ1v) is 5.66. The van der Waals surface area contributed by atoms with E-state index < -0.39 is 0 Å². The SMILES string of the molecule is CC(C)CN(C)C(CN)CC(C)(C)C. The molecule has 0 aromatic carbocycles. The molecule has 0 rings (SSSR count). The van der Waals surface area contributed by atoms with Crippen molar-refractivity contribution in [2.75, 3.05) is 20.1 Å². The number of rotatable bonds is 5. The smallest absolute Gasteiger partial charge is 0.0220 e. The molecule has 0 fully saturated rings. The number of hydrogen-bond acceptors (Lipinski definition) is 2. The van der Waals surface area contributed by atoms with Crippen LogP contribution >= 0.6 is 0 Å². The Morgan fingerprint density at radius 2 is 1.71 bits per heavy atom. The summed E-state index contributed by atoms with van der Waals surface area (Å²) in [6.07, 6.45) is 1.17. The first-order valence-electron chi connectivity index (χ1n) is 5.66. The first kappa shape index (κ1) is 13.9. The maximum Gasteiger partial charge on any atom is 0.0220 e. The van der Waals surface area contributed by atoms with Crippen LogP contribution < -0.4 is 5.73 Å². The minimum absolute atomic E-state index is 0.370. The van der Waals surface area contributed by atoms with E-state index in [0.717, 1.165) is 13.1 Å². The lowest BCUT2D eigenvalue weighted by Gasteiger charge is -2.33. The number of nitrogens with two attached hydrogens (primary N) is 1. The molecule has 1 atom stereocenters. The van der Waals surface area contributed by atoms with Crippen LogP contribution in [0.4, 0.5) is 0 Å². The van der Waals surface area contributed by atoms with Crippen LogP contribution in [0.3, 0.4) is 0 Å². The van der Waals surface area contributed by atoms with Crippen molar-refractivity contribution in [2.45, 2.75) is 47.1 Å². The summed E-state index contributed by atoms with van der Waals surface area (Å²) in [7, 11) is 2.18. The fourth-order valence-electron chi connectivity index (χ4n) is 1.85. The topological polar surface area (TPSA) is 29.3 Å². The Kier molecular flexibility index (Phi) is 5.68. The molecule has 2 N–H and O–H groups in total. The summed E-state index contributed by atoms with van der Waals surface area (Å²) in [6.45, 7) is 13.2. The average molecular weight is 200 g/mol. The third-order valence-electron chi connectivity index (χ3n) is 2.40. The van der Waals surface area contributed by atoms with E-state index in [-0.39, 0.29) is 0 Å². The van der Waals surface area contributed by atoms with Gasteiger partial charge in [-0.25, -0.2) is 0 Å². The maximum absolute atomic E-state index is 5.81. The van der Waals surface area contributed by atoms with Crippen LogP contribution in [0.5, 0.6) is 0 Å². The summed E-state index contributed by atoms with van der Waals surface area (Å²) in [5, 5.41) is 0. The van der Waals surface area contributed by atoms with E-state index in [2.05, 4.69) is 46.6 Å². The van der Waals surface area contributed by atoms with Gasteiger partial charge in [-0.3, -0.25) is 0 Å². The maximum atomic E-state index is 5.81. The molecule has 0 amide bonds. The van der Waals surface area contributed by atoms with Gasteiger partial charge < -0.3 is 10.6 Å². The van der Waals surface area contributed by atoms with E-state index in [1.807, 2.05) is 0 Å². The molecule has 1 unspecified atom stereocenters. The lowest BCUT2D eigenvalue weighted by molar-refractivity contribution is 0.169. The van der Waals surface area contributed by atoms with Crippen molar-refractivity contribution in [1.82, 2.24) is 4.90 Å². The largest absolute Gasteiger partial charge is 0.329 e. The van der Waals surface area contributed by atoms with Crippen molar-refractivity contribution in [1.29, 1.82) is 0 Å². The van der Waals surface area contributed by atoms with Gasteiger partial charge in [0.05, 0.1) is 0 Å². The number of nitrogens with zero attached hydrogens (tertiary/aromatic N) is 1. The highest BCUT2D eigenvalue weighted by Crippen LogP contribution is 2.22. The number of likely N-dealkylation sites (N-methyl/N-ethyl adjacent to an activating group) is 1. The van der Waals surface area contributed by atoms with Crippen molar-refractivity contribution in [3.05, 3.63) is 0 Å². The summed E-state index contributed by atoms with van der Waals surface area (Å²) < 4.78 is 0. The minimum atomic E-state index is 0.370. The molecule has 0 radical (unpaired) electrons. The second-order valence-corrected chi connectivity index (χ2v) is 5.99. The second kappa shape index (κ2) is 5.72. The highest BCUT2D eigenvalue weighted by Gasteiger charge is 2.21. The molecule has 0 aliphatic heterocycles. The van der Waals surface area contributed by atoms with Gasteiger partial charge in [-0.15, -0.1) is 0 Å². The summed E-state index contributed by atoms with van der Waals surface area (Å²) in [5.74, 6) is 0.717. The summed E-state index contributed by atoms with van der Waals surface area (Å²) in [6, 6.07) is 0.525. The summed E-state index contributed by atoms with van der Waals surface area (Å²) >= 11 is 0. The van der Waals surface area contributed by atoms with Gasteiger partial charge in [0.15, 0.2) is 0 Å². The fourth-order valence-corrected chi connectivity index (χ4v) is 1.85. The third kappa shape index (κ3) is 6.39. The quantitative estimate of drug-likeness (QED) is 0.738. The van der Waals surface area contributed by atoms with Gasteiger partial charge in [0, 0.05) is 19.1 Å². The van der Waals surface area contributed by atoms with Crippen LogP contribution in [-0.4, -0.2) is 31.1 Å². The minimum Gasteiger partial charge on any atom is -0.329 e. The third-order valence-corrected chi connectivity index (χ3v) is 2.40. The Balaban J connectivity index is 4.12. The summed E-state index contributed by atoms with van der Waals surface area (Å²) in [5.41, 5.74) is 6.19. The Hall–Kier alpha value is -0.0800. The zero-order chi connectivity index (χ0) is 11.4. The van der Waals surface area contributed by atoms with Crippen LogP contribution in [0.15, 0.2) is 0 Å². The standard InChI is InChI=1S/C12H28N2/c1-10(2)9-14(6)11(8-13)7-12(3,4)5/h10-11H,7-9,13H2,1-6H3. The van der Waals surface area contributed by atoms with Crippen LogP contribution in [0.1, 0.15) is 41.0 Å². The zero-order valence-corrected chi connectivity index (χ0v) is 10.8. The van der Waals surface area contributed by atoms with Gasteiger partial charge in [0.1, 0.15) is 0 Å². The van der Waals surface area contributed by atoms with Crippen LogP contribution in [0.25, 0.3) is 0 Å². The van der Waals surface area contributed by atoms with Gasteiger partial charge in [-0.05, 0) is 24.8 Å². The Morgan fingerprint density at radius 1 is 1.21 bits per heavy atom. The number of hydrogen-bond donors (Lipinski definition) is 1. The van der Waals surface area contributed by atoms with Gasteiger partial charge in [-0.2, -0.15) is 0 Å². The molecule has 0 saturated carbocycles. The molecule has 0 bridgehead atoms.